The van der Waals surface area contributed by atoms with Crippen LogP contribution in [0, 0.1) is 0 Å². The summed E-state index contributed by atoms with van der Waals surface area (Å²) < 4.78 is 2.14. The average molecular weight is 461 g/mol. The number of halogens is 1. The molecule has 0 atom stereocenters. The topological polar surface area (TPSA) is 34.4 Å². The van der Waals surface area contributed by atoms with Gasteiger partial charge in [-0.2, -0.15) is 4.99 Å². The summed E-state index contributed by atoms with van der Waals surface area (Å²) in [5.74, 6) is -0.593. The molecule has 0 N–H and O–H groups in total. The second-order valence-electron chi connectivity index (χ2n) is 7.47. The van der Waals surface area contributed by atoms with E-state index in [4.69, 9.17) is 11.6 Å². The highest BCUT2D eigenvalue weighted by atomic mass is 35.5. The molecule has 1 heterocycles. The second kappa shape index (κ2) is 10.1. The minimum atomic E-state index is -0.436. The van der Waals surface area contributed by atoms with E-state index in [1.165, 1.54) is 4.88 Å². The number of aryl methyl sites for hydroxylation is 1. The molecule has 0 unspecified atom stereocenters. The third-order valence-electron chi connectivity index (χ3n) is 5.45. The van der Waals surface area contributed by atoms with Crippen LogP contribution in [0.5, 0.6) is 0 Å². The predicted molar refractivity (Wildman–Crippen MR) is 133 cm³/mol. The Morgan fingerprint density at radius 2 is 1.47 bits per heavy atom. The van der Waals surface area contributed by atoms with Crippen molar-refractivity contribution in [1.29, 1.82) is 0 Å². The number of carbonyl (C=O) groups is 1. The molecule has 0 saturated carbocycles. The highest BCUT2D eigenvalue weighted by Gasteiger charge is 2.23. The van der Waals surface area contributed by atoms with Gasteiger partial charge in [-0.25, -0.2) is 0 Å². The molecule has 0 aliphatic heterocycles. The first kappa shape index (κ1) is 22.3. The van der Waals surface area contributed by atoms with E-state index in [0.29, 0.717) is 5.02 Å². The fourth-order valence-electron chi connectivity index (χ4n) is 3.93. The van der Waals surface area contributed by atoms with Crippen LogP contribution in [0.1, 0.15) is 35.8 Å². The van der Waals surface area contributed by atoms with Crippen LogP contribution < -0.4 is 4.80 Å². The zero-order valence-electron chi connectivity index (χ0n) is 18.2. The number of carbonyl (C=O) groups excluding carboxylic acids is 1. The molecule has 0 saturated heterocycles. The van der Waals surface area contributed by atoms with Crippen LogP contribution in [-0.4, -0.2) is 10.5 Å². The number of aromatic nitrogens is 1. The van der Waals surface area contributed by atoms with Crippen LogP contribution in [-0.2, 0) is 17.8 Å². The molecule has 1 aromatic heterocycles. The van der Waals surface area contributed by atoms with Gasteiger partial charge < -0.3 is 4.57 Å². The standard InChI is InChI=1S/C27H25ClN2OS/c1-3-23-25(21-15-17-22(28)18-16-21)30(4-2)27(32-23)29-26(31)24(19-11-7-5-8-12-19)20-13-9-6-10-14-20/h5-18,24H,3-4H2,1-2H3. The number of amides is 1. The summed E-state index contributed by atoms with van der Waals surface area (Å²) in [7, 11) is 0. The second-order valence-corrected chi connectivity index (χ2v) is 8.96. The van der Waals surface area contributed by atoms with Gasteiger partial charge in [-0.15, -0.1) is 11.3 Å². The Morgan fingerprint density at radius 1 is 0.906 bits per heavy atom. The number of hydrogen-bond acceptors (Lipinski definition) is 2. The first-order valence-corrected chi connectivity index (χ1v) is 12.0. The molecule has 32 heavy (non-hydrogen) atoms. The lowest BCUT2D eigenvalue weighted by Crippen LogP contribution is -2.20. The minimum absolute atomic E-state index is 0.156. The maximum atomic E-state index is 13.6. The van der Waals surface area contributed by atoms with E-state index in [1.807, 2.05) is 84.9 Å². The average Bonchev–Trinajstić information content (AvgIpc) is 3.18. The maximum absolute atomic E-state index is 13.6. The number of benzene rings is 3. The van der Waals surface area contributed by atoms with E-state index in [-0.39, 0.29) is 5.91 Å². The Labute approximate surface area is 197 Å². The van der Waals surface area contributed by atoms with Gasteiger partial charge in [0.15, 0.2) is 4.80 Å². The van der Waals surface area contributed by atoms with E-state index in [1.54, 1.807) is 11.3 Å². The molecule has 0 bridgehead atoms. The van der Waals surface area contributed by atoms with Crippen molar-refractivity contribution in [1.82, 2.24) is 4.57 Å². The van der Waals surface area contributed by atoms with Gasteiger partial charge in [-0.1, -0.05) is 91.3 Å². The summed E-state index contributed by atoms with van der Waals surface area (Å²) in [6.07, 6.45) is 0.868. The zero-order chi connectivity index (χ0) is 22.5. The molecule has 5 heteroatoms. The van der Waals surface area contributed by atoms with Gasteiger partial charge in [0.2, 0.25) is 0 Å². The minimum Gasteiger partial charge on any atom is -0.316 e. The lowest BCUT2D eigenvalue weighted by Gasteiger charge is -2.14. The smallest absolute Gasteiger partial charge is 0.260 e. The van der Waals surface area contributed by atoms with Crippen molar-refractivity contribution in [3.8, 4) is 11.3 Å². The Balaban J connectivity index is 1.85. The van der Waals surface area contributed by atoms with E-state index in [9.17, 15) is 4.79 Å². The molecule has 3 aromatic carbocycles. The molecule has 0 aliphatic rings. The Kier molecular flexibility index (Phi) is 7.03. The number of hydrogen-bond donors (Lipinski definition) is 0. The van der Waals surface area contributed by atoms with Crippen molar-refractivity contribution in [3.63, 3.8) is 0 Å². The van der Waals surface area contributed by atoms with E-state index < -0.39 is 5.92 Å². The number of rotatable bonds is 6. The van der Waals surface area contributed by atoms with E-state index >= 15 is 0 Å². The first-order valence-electron chi connectivity index (χ1n) is 10.8. The summed E-state index contributed by atoms with van der Waals surface area (Å²) in [4.78, 5) is 20.2. The highest BCUT2D eigenvalue weighted by molar-refractivity contribution is 7.09. The van der Waals surface area contributed by atoms with Gasteiger partial charge in [0.1, 0.15) is 0 Å². The van der Waals surface area contributed by atoms with Crippen molar-refractivity contribution in [3.05, 3.63) is 111 Å². The normalized spacial score (nSPS) is 11.8. The quantitative estimate of drug-likeness (QED) is 0.314. The first-order chi connectivity index (χ1) is 15.6. The third kappa shape index (κ3) is 4.62. The SMILES string of the molecule is CCc1sc(=NC(=O)C(c2ccccc2)c2ccccc2)n(CC)c1-c1ccc(Cl)cc1. The van der Waals surface area contributed by atoms with Gasteiger partial charge in [0.05, 0.1) is 11.6 Å². The van der Waals surface area contributed by atoms with E-state index in [2.05, 4.69) is 23.4 Å². The summed E-state index contributed by atoms with van der Waals surface area (Å²) >= 11 is 7.69. The van der Waals surface area contributed by atoms with Crippen LogP contribution in [0.4, 0.5) is 0 Å². The summed E-state index contributed by atoms with van der Waals surface area (Å²) in [6.45, 7) is 4.94. The van der Waals surface area contributed by atoms with Crippen LogP contribution in [0.15, 0.2) is 89.9 Å². The monoisotopic (exact) mass is 460 g/mol. The molecule has 1 amide bonds. The number of thiazole rings is 1. The summed E-state index contributed by atoms with van der Waals surface area (Å²) in [6, 6.07) is 27.6. The van der Waals surface area contributed by atoms with Gasteiger partial charge in [0, 0.05) is 16.4 Å². The third-order valence-corrected chi connectivity index (χ3v) is 6.93. The maximum Gasteiger partial charge on any atom is 0.260 e. The number of nitrogens with zero attached hydrogens (tertiary/aromatic N) is 2. The molecule has 4 rings (SSSR count). The molecule has 4 aromatic rings. The molecular formula is C27H25ClN2OS. The molecule has 162 valence electrons. The Bertz CT molecular complexity index is 1220. The predicted octanol–water partition coefficient (Wildman–Crippen LogP) is 6.71. The van der Waals surface area contributed by atoms with Crippen molar-refractivity contribution in [2.75, 3.05) is 0 Å². The van der Waals surface area contributed by atoms with Crippen LogP contribution in [0.3, 0.4) is 0 Å². The fourth-order valence-corrected chi connectivity index (χ4v) is 5.21. The molecule has 0 spiro atoms. The largest absolute Gasteiger partial charge is 0.316 e. The Hall–Kier alpha value is -2.95. The van der Waals surface area contributed by atoms with Crippen molar-refractivity contribution < 1.29 is 4.79 Å². The van der Waals surface area contributed by atoms with Crippen molar-refractivity contribution in [2.45, 2.75) is 32.7 Å². The van der Waals surface area contributed by atoms with Crippen LogP contribution in [0.2, 0.25) is 5.02 Å². The summed E-state index contributed by atoms with van der Waals surface area (Å²) in [5, 5.41) is 0.707. The molecular weight excluding hydrogens is 436 g/mol. The molecule has 3 nitrogen and oxygen atoms in total. The molecule has 0 fully saturated rings. The van der Waals surface area contributed by atoms with Crippen molar-refractivity contribution in [2.24, 2.45) is 4.99 Å². The molecule has 0 aliphatic carbocycles. The van der Waals surface area contributed by atoms with Crippen molar-refractivity contribution >= 4 is 28.8 Å². The Morgan fingerprint density at radius 3 is 1.97 bits per heavy atom. The van der Waals surface area contributed by atoms with Crippen LogP contribution >= 0.6 is 22.9 Å². The highest BCUT2D eigenvalue weighted by Crippen LogP contribution is 2.29. The zero-order valence-corrected chi connectivity index (χ0v) is 19.7. The van der Waals surface area contributed by atoms with Crippen LogP contribution in [0.25, 0.3) is 11.3 Å². The van der Waals surface area contributed by atoms with Gasteiger partial charge in [-0.3, -0.25) is 4.79 Å². The fraction of sp³-hybridized carbons (Fsp3) is 0.185. The molecule has 0 radical (unpaired) electrons. The van der Waals surface area contributed by atoms with Gasteiger partial charge in [-0.05, 0) is 42.2 Å². The lowest BCUT2D eigenvalue weighted by molar-refractivity contribution is -0.118. The van der Waals surface area contributed by atoms with Gasteiger partial charge in [0.25, 0.3) is 5.91 Å². The van der Waals surface area contributed by atoms with E-state index in [0.717, 1.165) is 40.2 Å². The lowest BCUT2D eigenvalue weighted by atomic mass is 9.91. The van der Waals surface area contributed by atoms with Gasteiger partial charge >= 0.3 is 0 Å². The summed E-state index contributed by atoms with van der Waals surface area (Å²) in [5.41, 5.74) is 4.08.